The van der Waals surface area contributed by atoms with Crippen molar-refractivity contribution >= 4 is 27.8 Å². The number of ether oxygens (including phenoxy) is 1. The van der Waals surface area contributed by atoms with Gasteiger partial charge in [-0.3, -0.25) is 0 Å². The summed E-state index contributed by atoms with van der Waals surface area (Å²) in [6, 6.07) is 94.9. The van der Waals surface area contributed by atoms with Crippen LogP contribution in [0.15, 0.2) is 261 Å². The lowest BCUT2D eigenvalue weighted by Crippen LogP contribution is -2.28. The molecule has 0 unspecified atom stereocenters. The molecule has 13 rings (SSSR count). The van der Waals surface area contributed by atoms with Crippen molar-refractivity contribution in [2.45, 2.75) is 5.41 Å². The van der Waals surface area contributed by atoms with Crippen LogP contribution in [0.3, 0.4) is 0 Å². The minimum Gasteiger partial charge on any atom is -0.454 e. The molecule has 11 aromatic carbocycles. The van der Waals surface area contributed by atoms with Crippen molar-refractivity contribution in [1.29, 1.82) is 0 Å². The van der Waals surface area contributed by atoms with E-state index in [9.17, 15) is 0 Å². The highest BCUT2D eigenvalue weighted by Crippen LogP contribution is 2.59. The van der Waals surface area contributed by atoms with Crippen LogP contribution in [-0.4, -0.2) is 0 Å². The maximum Gasteiger partial charge on any atom is 0.159 e. The van der Waals surface area contributed by atoms with Crippen LogP contribution in [0.5, 0.6) is 11.5 Å². The monoisotopic (exact) mass is 853 g/mol. The van der Waals surface area contributed by atoms with E-state index >= 15 is 0 Å². The standard InChI is InChI=1S/C65H43NO/c1-5-18-44(19-6-1)46-32-35-52(36-33-46)66(53-37-39-55-54-28-15-16-30-60(54)65(61(55)43-53,50-24-9-3-10-25-50)51-26-11-4-12-27-51)62-31-17-29-57-59-41-48-23-14-13-22-47(48)40-58(59)56-38-34-49(42-63(56)67-64(57)62)45-20-7-2-8-21-45/h1-43H. The van der Waals surface area contributed by atoms with Crippen LogP contribution >= 0.6 is 0 Å². The van der Waals surface area contributed by atoms with Gasteiger partial charge in [-0.2, -0.15) is 0 Å². The second-order valence-corrected chi connectivity index (χ2v) is 17.6. The van der Waals surface area contributed by atoms with Gasteiger partial charge in [-0.1, -0.05) is 206 Å². The van der Waals surface area contributed by atoms with E-state index in [2.05, 4.69) is 266 Å². The summed E-state index contributed by atoms with van der Waals surface area (Å²) < 4.78 is 7.50. The molecule has 0 saturated carbocycles. The third-order valence-electron chi connectivity index (χ3n) is 13.9. The summed E-state index contributed by atoms with van der Waals surface area (Å²) in [7, 11) is 0. The van der Waals surface area contributed by atoms with E-state index < -0.39 is 5.41 Å². The van der Waals surface area contributed by atoms with Crippen molar-refractivity contribution in [3.05, 3.63) is 283 Å². The summed E-state index contributed by atoms with van der Waals surface area (Å²) in [6.07, 6.45) is 0. The van der Waals surface area contributed by atoms with Gasteiger partial charge in [0.1, 0.15) is 5.75 Å². The molecule has 1 aliphatic carbocycles. The first-order valence-corrected chi connectivity index (χ1v) is 23.1. The van der Waals surface area contributed by atoms with E-state index in [4.69, 9.17) is 4.74 Å². The highest BCUT2D eigenvalue weighted by atomic mass is 16.5. The number of hydrogen-bond donors (Lipinski definition) is 0. The zero-order valence-electron chi connectivity index (χ0n) is 36.7. The van der Waals surface area contributed by atoms with Crippen LogP contribution in [0.2, 0.25) is 0 Å². The molecule has 0 bridgehead atoms. The first-order chi connectivity index (χ1) is 33.2. The van der Waals surface area contributed by atoms with Gasteiger partial charge in [0.15, 0.2) is 5.75 Å². The first-order valence-electron chi connectivity index (χ1n) is 23.1. The summed E-state index contributed by atoms with van der Waals surface area (Å²) in [6.45, 7) is 0. The summed E-state index contributed by atoms with van der Waals surface area (Å²) in [5, 5.41) is 2.38. The third kappa shape index (κ3) is 6.26. The average Bonchev–Trinajstić information content (AvgIpc) is 3.62. The van der Waals surface area contributed by atoms with E-state index in [1.807, 2.05) is 0 Å². The van der Waals surface area contributed by atoms with Crippen LogP contribution in [-0.2, 0) is 5.41 Å². The van der Waals surface area contributed by atoms with Gasteiger partial charge in [0.2, 0.25) is 0 Å². The molecule has 67 heavy (non-hydrogen) atoms. The first kappa shape index (κ1) is 38.7. The van der Waals surface area contributed by atoms with Crippen molar-refractivity contribution in [1.82, 2.24) is 0 Å². The molecule has 1 aliphatic heterocycles. The molecule has 11 aromatic rings. The molecule has 2 aliphatic rings. The molecule has 0 atom stereocenters. The molecule has 0 radical (unpaired) electrons. The maximum absolute atomic E-state index is 7.50. The molecule has 0 saturated heterocycles. The quantitative estimate of drug-likeness (QED) is 0.158. The van der Waals surface area contributed by atoms with E-state index in [1.54, 1.807) is 0 Å². The van der Waals surface area contributed by atoms with Crippen molar-refractivity contribution in [3.63, 3.8) is 0 Å². The van der Waals surface area contributed by atoms with Crippen molar-refractivity contribution in [2.24, 2.45) is 0 Å². The molecule has 0 spiro atoms. The summed E-state index contributed by atoms with van der Waals surface area (Å²) in [4.78, 5) is 2.41. The Balaban J connectivity index is 1.08. The largest absolute Gasteiger partial charge is 0.454 e. The smallest absolute Gasteiger partial charge is 0.159 e. The highest BCUT2D eigenvalue weighted by molar-refractivity contribution is 6.02. The summed E-state index contributed by atoms with van der Waals surface area (Å²) in [5.41, 5.74) is 18.9. The van der Waals surface area contributed by atoms with Gasteiger partial charge in [-0.05, 0) is 132 Å². The van der Waals surface area contributed by atoms with Gasteiger partial charge in [-0.15, -0.1) is 0 Å². The van der Waals surface area contributed by atoms with Crippen LogP contribution in [0.25, 0.3) is 66.4 Å². The fourth-order valence-electron chi connectivity index (χ4n) is 10.9. The van der Waals surface area contributed by atoms with Gasteiger partial charge in [-0.25, -0.2) is 0 Å². The van der Waals surface area contributed by atoms with Crippen molar-refractivity contribution in [3.8, 4) is 67.1 Å². The number of hydrogen-bond acceptors (Lipinski definition) is 2. The van der Waals surface area contributed by atoms with Gasteiger partial charge >= 0.3 is 0 Å². The Kier molecular flexibility index (Phi) is 9.11. The Hall–Kier alpha value is -8.72. The zero-order chi connectivity index (χ0) is 44.3. The molecular weight excluding hydrogens is 811 g/mol. The van der Waals surface area contributed by atoms with Crippen LogP contribution in [0.4, 0.5) is 17.1 Å². The molecular formula is C65H43NO. The average molecular weight is 854 g/mol. The predicted molar refractivity (Wildman–Crippen MR) is 278 cm³/mol. The van der Waals surface area contributed by atoms with Gasteiger partial charge < -0.3 is 9.64 Å². The minimum atomic E-state index is -0.565. The van der Waals surface area contributed by atoms with Crippen molar-refractivity contribution in [2.75, 3.05) is 4.90 Å². The summed E-state index contributed by atoms with van der Waals surface area (Å²) in [5.74, 6) is 1.62. The van der Waals surface area contributed by atoms with E-state index in [0.717, 1.165) is 67.5 Å². The molecule has 0 amide bonds. The Bertz CT molecular complexity index is 3600. The van der Waals surface area contributed by atoms with E-state index in [0.29, 0.717) is 0 Å². The normalized spacial score (nSPS) is 12.7. The molecule has 1 heterocycles. The fourth-order valence-corrected chi connectivity index (χ4v) is 10.9. The Morgan fingerprint density at radius 1 is 0.299 bits per heavy atom. The van der Waals surface area contributed by atoms with E-state index in [1.165, 1.54) is 49.7 Å². The number of fused-ring (bicyclic) bond motifs is 9. The molecule has 2 heteroatoms. The second-order valence-electron chi connectivity index (χ2n) is 17.6. The minimum absolute atomic E-state index is 0.565. The Morgan fingerprint density at radius 2 is 0.791 bits per heavy atom. The lowest BCUT2D eigenvalue weighted by atomic mass is 9.67. The number of para-hydroxylation sites is 1. The van der Waals surface area contributed by atoms with Gasteiger partial charge in [0.05, 0.1) is 11.1 Å². The topological polar surface area (TPSA) is 12.5 Å². The predicted octanol–water partition coefficient (Wildman–Crippen LogP) is 17.4. The lowest BCUT2D eigenvalue weighted by Gasteiger charge is -2.35. The second kappa shape index (κ2) is 15.8. The Morgan fingerprint density at radius 3 is 1.46 bits per heavy atom. The fraction of sp³-hybridized carbons (Fsp3) is 0.0154. The number of anilines is 3. The number of benzene rings is 11. The summed E-state index contributed by atoms with van der Waals surface area (Å²) >= 11 is 0. The van der Waals surface area contributed by atoms with Gasteiger partial charge in [0.25, 0.3) is 0 Å². The van der Waals surface area contributed by atoms with Crippen LogP contribution in [0, 0.1) is 0 Å². The highest BCUT2D eigenvalue weighted by Gasteiger charge is 2.46. The third-order valence-corrected chi connectivity index (χ3v) is 13.9. The van der Waals surface area contributed by atoms with Crippen LogP contribution < -0.4 is 9.64 Å². The van der Waals surface area contributed by atoms with Crippen molar-refractivity contribution < 1.29 is 4.74 Å². The number of nitrogens with zero attached hydrogens (tertiary/aromatic N) is 1. The van der Waals surface area contributed by atoms with Crippen LogP contribution in [0.1, 0.15) is 22.3 Å². The molecule has 0 N–H and O–H groups in total. The molecule has 2 nitrogen and oxygen atoms in total. The molecule has 314 valence electrons. The molecule has 0 aromatic heterocycles. The van der Waals surface area contributed by atoms with Gasteiger partial charge in [0, 0.05) is 22.5 Å². The zero-order valence-corrected chi connectivity index (χ0v) is 36.7. The SMILES string of the molecule is c1ccc(-c2ccc(N(c3ccc4c(c3)C(c3ccccc3)(c3ccccc3)c3ccccc3-4)c3cccc4c3Oc3cc(-c5ccccc5)ccc3-c3cc5ccccc5cc3-4)cc2)cc1. The number of rotatable bonds is 7. The molecule has 0 fully saturated rings. The maximum atomic E-state index is 7.50. The Labute approximate surface area is 391 Å². The lowest BCUT2D eigenvalue weighted by molar-refractivity contribution is 0.489. The van der Waals surface area contributed by atoms with E-state index in [-0.39, 0.29) is 0 Å².